The molecule has 0 N–H and O–H groups in total. The summed E-state index contributed by atoms with van der Waals surface area (Å²) in [7, 11) is 1.82. The number of nitrogens with zero attached hydrogens (tertiary/aromatic N) is 1. The van der Waals surface area contributed by atoms with E-state index in [-0.39, 0.29) is 12.2 Å². The summed E-state index contributed by atoms with van der Waals surface area (Å²) in [4.78, 5) is 0. The highest BCUT2D eigenvalue weighted by molar-refractivity contribution is 6.32. The molecule has 0 unspecified atom stereocenters. The second-order valence-electron chi connectivity index (χ2n) is 2.43. The Kier molecular flexibility index (Phi) is 2.27. The van der Waals surface area contributed by atoms with Gasteiger partial charge in [-0.25, -0.2) is 4.39 Å². The monoisotopic (exact) mass is 147 g/mol. The molecule has 3 heteroatoms. The lowest BCUT2D eigenvalue weighted by molar-refractivity contribution is 0.616. The van der Waals surface area contributed by atoms with Crippen LogP contribution < -0.4 is 5.46 Å². The Labute approximate surface area is 65.9 Å². The predicted octanol–water partition coefficient (Wildman–Crippen LogP) is 0.150. The van der Waals surface area contributed by atoms with Crippen molar-refractivity contribution in [3.8, 4) is 6.07 Å². The lowest BCUT2D eigenvalue weighted by Gasteiger charge is -1.97. The second kappa shape index (κ2) is 3.20. The molecule has 0 saturated heterocycles. The Balaban J connectivity index is 3.01. The second-order valence-corrected chi connectivity index (χ2v) is 2.43. The van der Waals surface area contributed by atoms with E-state index < -0.39 is 0 Å². The molecular weight excluding hydrogens is 140 g/mol. The molecule has 0 heterocycles. The fourth-order valence-electron chi connectivity index (χ4n) is 0.881. The first-order valence-electron chi connectivity index (χ1n) is 3.36. The van der Waals surface area contributed by atoms with Crippen LogP contribution in [0.15, 0.2) is 18.2 Å². The highest BCUT2D eigenvalue weighted by Gasteiger charge is 1.99. The van der Waals surface area contributed by atoms with Crippen LogP contribution in [0.2, 0.25) is 0 Å². The summed E-state index contributed by atoms with van der Waals surface area (Å²) in [6.07, 6.45) is 0.145. The normalized spacial score (nSPS) is 9.09. The van der Waals surface area contributed by atoms with E-state index in [4.69, 9.17) is 5.26 Å². The first-order chi connectivity index (χ1) is 5.24. The van der Waals surface area contributed by atoms with Gasteiger partial charge < -0.3 is 0 Å². The number of hydrogen-bond donors (Lipinski definition) is 0. The Morgan fingerprint density at radius 3 is 2.82 bits per heavy atom. The maximum absolute atomic E-state index is 12.9. The van der Waals surface area contributed by atoms with Gasteiger partial charge in [-0.3, -0.25) is 0 Å². The van der Waals surface area contributed by atoms with Gasteiger partial charge in [-0.15, -0.1) is 0 Å². The van der Waals surface area contributed by atoms with E-state index in [1.165, 1.54) is 6.07 Å². The summed E-state index contributed by atoms with van der Waals surface area (Å²) >= 11 is 0. The molecule has 1 rings (SSSR count). The summed E-state index contributed by atoms with van der Waals surface area (Å²) < 4.78 is 12.9. The molecule has 0 fully saturated rings. The summed E-state index contributed by atoms with van der Waals surface area (Å²) in [5, 5.41) is 8.30. The lowest BCUT2D eigenvalue weighted by Crippen LogP contribution is -2.03. The smallest absolute Gasteiger partial charge is 0.139 e. The van der Waals surface area contributed by atoms with E-state index in [9.17, 15) is 4.39 Å². The summed E-state index contributed by atoms with van der Waals surface area (Å²) in [6.45, 7) is 0. The van der Waals surface area contributed by atoms with E-state index in [1.54, 1.807) is 12.1 Å². The third kappa shape index (κ3) is 1.81. The van der Waals surface area contributed by atoms with Crippen LogP contribution in [0.25, 0.3) is 0 Å². The SMILES string of the molecule is Bc1ccc(CC#N)c(F)c1. The Morgan fingerprint density at radius 2 is 2.27 bits per heavy atom. The lowest BCUT2D eigenvalue weighted by atomic mass is 9.94. The average molecular weight is 147 g/mol. The van der Waals surface area contributed by atoms with Gasteiger partial charge in [-0.1, -0.05) is 17.6 Å². The van der Waals surface area contributed by atoms with Crippen molar-refractivity contribution in [2.75, 3.05) is 0 Å². The first kappa shape index (κ1) is 7.81. The number of hydrogen-bond acceptors (Lipinski definition) is 1. The quantitative estimate of drug-likeness (QED) is 0.518. The Morgan fingerprint density at radius 1 is 1.55 bits per heavy atom. The minimum Gasteiger partial charge on any atom is -0.207 e. The van der Waals surface area contributed by atoms with Gasteiger partial charge in [0.2, 0.25) is 0 Å². The van der Waals surface area contributed by atoms with Crippen molar-refractivity contribution < 1.29 is 4.39 Å². The van der Waals surface area contributed by atoms with Crippen LogP contribution >= 0.6 is 0 Å². The van der Waals surface area contributed by atoms with Gasteiger partial charge in [-0.2, -0.15) is 5.26 Å². The topological polar surface area (TPSA) is 23.8 Å². The van der Waals surface area contributed by atoms with Crippen LogP contribution in [-0.4, -0.2) is 7.85 Å². The average Bonchev–Trinajstić information content (AvgIpc) is 1.95. The molecule has 0 saturated carbocycles. The van der Waals surface area contributed by atoms with E-state index in [0.717, 1.165) is 5.46 Å². The van der Waals surface area contributed by atoms with Crippen molar-refractivity contribution in [3.63, 3.8) is 0 Å². The van der Waals surface area contributed by atoms with Gasteiger partial charge in [0.15, 0.2) is 0 Å². The van der Waals surface area contributed by atoms with Crippen LogP contribution in [0, 0.1) is 17.1 Å². The van der Waals surface area contributed by atoms with E-state index >= 15 is 0 Å². The molecular formula is C8H7BFN. The van der Waals surface area contributed by atoms with Crippen LogP contribution in [0.1, 0.15) is 5.56 Å². The molecule has 1 aromatic rings. The van der Waals surface area contributed by atoms with Gasteiger partial charge in [0.05, 0.1) is 12.5 Å². The van der Waals surface area contributed by atoms with Crippen molar-refractivity contribution in [2.45, 2.75) is 6.42 Å². The van der Waals surface area contributed by atoms with Crippen LogP contribution in [-0.2, 0) is 6.42 Å². The van der Waals surface area contributed by atoms with Crippen molar-refractivity contribution >= 4 is 13.3 Å². The molecule has 0 aliphatic heterocycles. The molecule has 0 aliphatic rings. The van der Waals surface area contributed by atoms with Gasteiger partial charge in [-0.05, 0) is 6.07 Å². The minimum absolute atomic E-state index is 0.145. The standard InChI is InChI=1S/C8H7BFN/c9-7-2-1-6(3-4-11)8(10)5-7/h1-2,5H,3,9H2. The molecule has 1 aromatic carbocycles. The largest absolute Gasteiger partial charge is 0.207 e. The Bertz CT molecular complexity index is 303. The molecule has 0 radical (unpaired) electrons. The molecule has 0 aliphatic carbocycles. The molecule has 0 atom stereocenters. The molecule has 0 bridgehead atoms. The highest BCUT2D eigenvalue weighted by atomic mass is 19.1. The first-order valence-corrected chi connectivity index (χ1v) is 3.36. The number of rotatable bonds is 1. The molecule has 54 valence electrons. The van der Waals surface area contributed by atoms with Crippen molar-refractivity contribution in [1.29, 1.82) is 5.26 Å². The third-order valence-corrected chi connectivity index (χ3v) is 1.48. The van der Waals surface area contributed by atoms with E-state index in [2.05, 4.69) is 0 Å². The van der Waals surface area contributed by atoms with Crippen molar-refractivity contribution in [1.82, 2.24) is 0 Å². The third-order valence-electron chi connectivity index (χ3n) is 1.48. The Hall–Kier alpha value is -1.30. The molecule has 0 amide bonds. The number of nitriles is 1. The fourth-order valence-corrected chi connectivity index (χ4v) is 0.881. The van der Waals surface area contributed by atoms with E-state index in [1.807, 2.05) is 13.9 Å². The van der Waals surface area contributed by atoms with Crippen molar-refractivity contribution in [2.24, 2.45) is 0 Å². The van der Waals surface area contributed by atoms with Crippen LogP contribution in [0.5, 0.6) is 0 Å². The number of benzene rings is 1. The van der Waals surface area contributed by atoms with Gasteiger partial charge in [0.1, 0.15) is 13.7 Å². The maximum atomic E-state index is 12.9. The highest BCUT2D eigenvalue weighted by Crippen LogP contribution is 2.04. The fraction of sp³-hybridized carbons (Fsp3) is 0.125. The van der Waals surface area contributed by atoms with E-state index in [0.29, 0.717) is 5.56 Å². The van der Waals surface area contributed by atoms with Crippen molar-refractivity contribution in [3.05, 3.63) is 29.6 Å². The summed E-state index contributed by atoms with van der Waals surface area (Å²) in [5.74, 6) is -0.286. The number of halogens is 1. The zero-order valence-electron chi connectivity index (χ0n) is 6.26. The summed E-state index contributed by atoms with van der Waals surface area (Å²) in [5.41, 5.74) is 1.35. The van der Waals surface area contributed by atoms with Crippen LogP contribution in [0.3, 0.4) is 0 Å². The molecule has 0 aromatic heterocycles. The van der Waals surface area contributed by atoms with Crippen LogP contribution in [0.4, 0.5) is 4.39 Å². The zero-order chi connectivity index (χ0) is 8.27. The van der Waals surface area contributed by atoms with Gasteiger partial charge in [0, 0.05) is 5.56 Å². The summed E-state index contributed by atoms with van der Waals surface area (Å²) in [6, 6.07) is 6.79. The molecule has 0 spiro atoms. The van der Waals surface area contributed by atoms with Gasteiger partial charge in [0.25, 0.3) is 0 Å². The minimum atomic E-state index is -0.286. The predicted molar refractivity (Wildman–Crippen MR) is 43.9 cm³/mol. The van der Waals surface area contributed by atoms with Gasteiger partial charge >= 0.3 is 0 Å². The zero-order valence-corrected chi connectivity index (χ0v) is 6.26. The molecule has 1 nitrogen and oxygen atoms in total. The molecule has 11 heavy (non-hydrogen) atoms. The maximum Gasteiger partial charge on any atom is 0.139 e.